The lowest BCUT2D eigenvalue weighted by molar-refractivity contribution is 0.0734. The Bertz CT molecular complexity index is 1560. The van der Waals surface area contributed by atoms with Gasteiger partial charge in [0, 0.05) is 11.3 Å². The van der Waals surface area contributed by atoms with Gasteiger partial charge < -0.3 is 4.74 Å². The average molecular weight is 528 g/mol. The number of benzene rings is 4. The minimum Gasteiger partial charge on any atom is -0.423 e. The maximum absolute atomic E-state index is 12.5. The van der Waals surface area contributed by atoms with Crippen molar-refractivity contribution < 1.29 is 22.7 Å². The number of hydrogen-bond donors (Lipinski definition) is 2. The molecule has 8 nitrogen and oxygen atoms in total. The summed E-state index contributed by atoms with van der Waals surface area (Å²) < 4.78 is 32.9. The van der Waals surface area contributed by atoms with Gasteiger partial charge in [-0.15, -0.1) is 0 Å². The van der Waals surface area contributed by atoms with E-state index in [1.54, 1.807) is 48.5 Å². The second kappa shape index (κ2) is 11.5. The molecule has 0 bridgehead atoms. The number of anilines is 1. The number of esters is 1. The number of ether oxygens (including phenoxy) is 1. The quantitative estimate of drug-likeness (QED) is 0.143. The molecule has 0 fully saturated rings. The topological polar surface area (TPSA) is 114 Å². The third-order valence-electron chi connectivity index (χ3n) is 5.49. The van der Waals surface area contributed by atoms with E-state index in [-0.39, 0.29) is 4.90 Å². The minimum atomic E-state index is -3.74. The van der Waals surface area contributed by atoms with Crippen LogP contribution in [0.2, 0.25) is 0 Å². The van der Waals surface area contributed by atoms with E-state index in [0.29, 0.717) is 28.1 Å². The van der Waals surface area contributed by atoms with E-state index < -0.39 is 21.9 Å². The number of aryl methyl sites for hydroxylation is 2. The molecule has 0 saturated carbocycles. The Morgan fingerprint density at radius 1 is 0.737 bits per heavy atom. The fourth-order valence-electron chi connectivity index (χ4n) is 3.33. The van der Waals surface area contributed by atoms with E-state index in [1.165, 1.54) is 42.6 Å². The predicted molar refractivity (Wildman–Crippen MR) is 146 cm³/mol. The van der Waals surface area contributed by atoms with Crippen molar-refractivity contribution in [2.45, 2.75) is 18.7 Å². The first-order chi connectivity index (χ1) is 18.2. The fraction of sp³-hybridized carbons (Fsp3) is 0.0690. The fourth-order valence-corrected chi connectivity index (χ4v) is 4.39. The molecular weight excluding hydrogens is 502 g/mol. The molecule has 38 heavy (non-hydrogen) atoms. The first kappa shape index (κ1) is 26.3. The highest BCUT2D eigenvalue weighted by atomic mass is 32.2. The first-order valence-corrected chi connectivity index (χ1v) is 13.1. The van der Waals surface area contributed by atoms with Gasteiger partial charge in [0.1, 0.15) is 5.75 Å². The van der Waals surface area contributed by atoms with E-state index in [2.05, 4.69) is 15.2 Å². The third-order valence-corrected chi connectivity index (χ3v) is 6.89. The maximum atomic E-state index is 12.5. The van der Waals surface area contributed by atoms with E-state index in [4.69, 9.17) is 4.74 Å². The molecule has 0 unspecified atom stereocenters. The van der Waals surface area contributed by atoms with Gasteiger partial charge in [-0.1, -0.05) is 35.4 Å². The molecule has 192 valence electrons. The van der Waals surface area contributed by atoms with Crippen LogP contribution in [0.3, 0.4) is 0 Å². The molecule has 4 rings (SSSR count). The summed E-state index contributed by atoms with van der Waals surface area (Å²) in [5.41, 5.74) is 6.21. The standard InChI is InChI=1S/C29H25N3O5S/c1-20-3-9-24(10-4-20)29(34)37-26-15-7-22(8-16-26)19-30-31-28(33)23-11-13-25(14-12-23)32-38(35,36)27-17-5-21(2)6-18-27/h3-19,32H,1-2H3,(H,31,33). The lowest BCUT2D eigenvalue weighted by atomic mass is 10.1. The number of hydrogen-bond acceptors (Lipinski definition) is 6. The first-order valence-electron chi connectivity index (χ1n) is 11.6. The van der Waals surface area contributed by atoms with E-state index >= 15 is 0 Å². The van der Waals surface area contributed by atoms with E-state index in [1.807, 2.05) is 26.0 Å². The van der Waals surface area contributed by atoms with Gasteiger partial charge in [-0.2, -0.15) is 5.10 Å². The van der Waals surface area contributed by atoms with E-state index in [0.717, 1.165) is 11.1 Å². The van der Waals surface area contributed by atoms with Crippen LogP contribution in [0, 0.1) is 13.8 Å². The van der Waals surface area contributed by atoms with Gasteiger partial charge in [0.05, 0.1) is 16.7 Å². The molecule has 0 aromatic heterocycles. The second-order valence-corrected chi connectivity index (χ2v) is 10.2. The molecule has 4 aromatic carbocycles. The van der Waals surface area contributed by atoms with Gasteiger partial charge in [-0.25, -0.2) is 18.6 Å². The van der Waals surface area contributed by atoms with Crippen molar-refractivity contribution in [3.63, 3.8) is 0 Å². The molecule has 2 N–H and O–H groups in total. The highest BCUT2D eigenvalue weighted by Gasteiger charge is 2.14. The zero-order chi connectivity index (χ0) is 27.1. The van der Waals surface area contributed by atoms with Gasteiger partial charge in [-0.05, 0) is 92.2 Å². The summed E-state index contributed by atoms with van der Waals surface area (Å²) in [6, 6.07) is 26.2. The number of hydrazone groups is 1. The summed E-state index contributed by atoms with van der Waals surface area (Å²) in [7, 11) is -3.74. The summed E-state index contributed by atoms with van der Waals surface area (Å²) in [5, 5.41) is 3.95. The second-order valence-electron chi connectivity index (χ2n) is 8.52. The molecule has 0 saturated heterocycles. The average Bonchev–Trinajstić information content (AvgIpc) is 2.90. The highest BCUT2D eigenvalue weighted by molar-refractivity contribution is 7.92. The lowest BCUT2D eigenvalue weighted by Crippen LogP contribution is -2.18. The summed E-state index contributed by atoms with van der Waals surface area (Å²) in [6.45, 7) is 3.81. The maximum Gasteiger partial charge on any atom is 0.343 e. The smallest absolute Gasteiger partial charge is 0.343 e. The molecule has 0 aliphatic heterocycles. The highest BCUT2D eigenvalue weighted by Crippen LogP contribution is 2.18. The van der Waals surface area contributed by atoms with Crippen molar-refractivity contribution >= 4 is 33.8 Å². The van der Waals surface area contributed by atoms with Crippen LogP contribution in [0.25, 0.3) is 0 Å². The number of nitrogens with zero attached hydrogens (tertiary/aromatic N) is 1. The van der Waals surface area contributed by atoms with Crippen LogP contribution in [0.1, 0.15) is 37.4 Å². The van der Waals surface area contributed by atoms with Gasteiger partial charge in [0.25, 0.3) is 15.9 Å². The van der Waals surface area contributed by atoms with Crippen LogP contribution in [-0.2, 0) is 10.0 Å². The molecule has 0 aliphatic carbocycles. The Labute approximate surface area is 221 Å². The van der Waals surface area contributed by atoms with Crippen molar-refractivity contribution in [2.75, 3.05) is 4.72 Å². The predicted octanol–water partition coefficient (Wildman–Crippen LogP) is 5.09. The Hall–Kier alpha value is -4.76. The summed E-state index contributed by atoms with van der Waals surface area (Å²) in [5.74, 6) is -0.527. The van der Waals surface area contributed by atoms with Crippen molar-refractivity contribution in [3.8, 4) is 5.75 Å². The normalized spacial score (nSPS) is 11.2. The lowest BCUT2D eigenvalue weighted by Gasteiger charge is -2.09. The van der Waals surface area contributed by atoms with Crippen molar-refractivity contribution in [3.05, 3.63) is 125 Å². The Morgan fingerprint density at radius 3 is 1.89 bits per heavy atom. The number of nitrogens with one attached hydrogen (secondary N) is 2. The minimum absolute atomic E-state index is 0.150. The summed E-state index contributed by atoms with van der Waals surface area (Å²) >= 11 is 0. The monoisotopic (exact) mass is 527 g/mol. The van der Waals surface area contributed by atoms with Gasteiger partial charge >= 0.3 is 5.97 Å². The number of sulfonamides is 1. The van der Waals surface area contributed by atoms with Crippen molar-refractivity contribution in [1.29, 1.82) is 0 Å². The van der Waals surface area contributed by atoms with Crippen molar-refractivity contribution in [1.82, 2.24) is 5.43 Å². The zero-order valence-electron chi connectivity index (χ0n) is 20.7. The van der Waals surface area contributed by atoms with Crippen molar-refractivity contribution in [2.24, 2.45) is 5.10 Å². The molecular formula is C29H25N3O5S. The van der Waals surface area contributed by atoms with Crippen LogP contribution in [0.15, 0.2) is 107 Å². The zero-order valence-corrected chi connectivity index (χ0v) is 21.5. The Morgan fingerprint density at radius 2 is 1.29 bits per heavy atom. The Balaban J connectivity index is 1.30. The summed E-state index contributed by atoms with van der Waals surface area (Å²) in [6.07, 6.45) is 1.45. The molecule has 0 heterocycles. The van der Waals surface area contributed by atoms with Crippen LogP contribution in [-0.4, -0.2) is 26.5 Å². The molecule has 0 spiro atoms. The molecule has 0 aliphatic rings. The Kier molecular flexibility index (Phi) is 7.98. The van der Waals surface area contributed by atoms with Crippen LogP contribution in [0.4, 0.5) is 5.69 Å². The molecule has 4 aromatic rings. The number of amides is 1. The van der Waals surface area contributed by atoms with Gasteiger partial charge in [0.15, 0.2) is 0 Å². The third kappa shape index (κ3) is 6.92. The van der Waals surface area contributed by atoms with Gasteiger partial charge in [0.2, 0.25) is 0 Å². The largest absolute Gasteiger partial charge is 0.423 e. The number of rotatable bonds is 8. The molecule has 9 heteroatoms. The van der Waals surface area contributed by atoms with Crippen LogP contribution >= 0.6 is 0 Å². The van der Waals surface area contributed by atoms with Crippen LogP contribution in [0.5, 0.6) is 5.75 Å². The number of carbonyl (C=O) groups excluding carboxylic acids is 2. The molecule has 0 atom stereocenters. The molecule has 1 amide bonds. The summed E-state index contributed by atoms with van der Waals surface area (Å²) in [4.78, 5) is 24.8. The van der Waals surface area contributed by atoms with Crippen LogP contribution < -0.4 is 14.9 Å². The van der Waals surface area contributed by atoms with Gasteiger partial charge in [-0.3, -0.25) is 9.52 Å². The number of carbonyl (C=O) groups is 2. The molecule has 0 radical (unpaired) electrons. The van der Waals surface area contributed by atoms with E-state index in [9.17, 15) is 18.0 Å². The SMILES string of the molecule is Cc1ccc(C(=O)Oc2ccc(C=NNC(=O)c3ccc(NS(=O)(=O)c4ccc(C)cc4)cc3)cc2)cc1.